The Hall–Kier alpha value is -3.47. The van der Waals surface area contributed by atoms with E-state index in [0.717, 1.165) is 22.7 Å². The number of hydrogen-bond donors (Lipinski definition) is 1. The molecule has 4 heterocycles. The fraction of sp³-hybridized carbons (Fsp3) is 0.200. The summed E-state index contributed by atoms with van der Waals surface area (Å²) in [7, 11) is 0. The van der Waals surface area contributed by atoms with E-state index in [1.54, 1.807) is 22.3 Å². The van der Waals surface area contributed by atoms with Crippen molar-refractivity contribution >= 4 is 17.2 Å². The molecule has 3 aromatic heterocycles. The van der Waals surface area contributed by atoms with Gasteiger partial charge in [-0.3, -0.25) is 9.89 Å². The lowest BCUT2D eigenvalue weighted by Crippen LogP contribution is -2.48. The van der Waals surface area contributed by atoms with E-state index in [1.807, 2.05) is 17.5 Å². The van der Waals surface area contributed by atoms with E-state index >= 15 is 0 Å². The number of halogens is 3. The van der Waals surface area contributed by atoms with E-state index in [9.17, 15) is 18.0 Å². The number of thiophene rings is 1. The standard InChI is InChI=1S/C20H14F3N5O2S/c21-20(22,23)13-4-1-3-11(7-13)17-24-18(30-27-17)12-9-28(10-12)19(29)15-8-14(25-26-15)16-5-2-6-31-16/h1-8,12H,9-10H2,(H,25,26). The average molecular weight is 445 g/mol. The van der Waals surface area contributed by atoms with E-state index in [4.69, 9.17) is 4.52 Å². The summed E-state index contributed by atoms with van der Waals surface area (Å²) >= 11 is 1.54. The number of carbonyl (C=O) groups excluding carboxylic acids is 1. The molecule has 5 rings (SSSR count). The third-order valence-corrected chi connectivity index (χ3v) is 5.89. The molecule has 7 nitrogen and oxygen atoms in total. The Balaban J connectivity index is 1.25. The number of hydrogen-bond acceptors (Lipinski definition) is 6. The Bertz CT molecular complexity index is 1230. The lowest BCUT2D eigenvalue weighted by Gasteiger charge is -2.36. The Kier molecular flexibility index (Phi) is 4.62. The predicted octanol–water partition coefficient (Wildman–Crippen LogP) is 4.45. The van der Waals surface area contributed by atoms with E-state index in [2.05, 4.69) is 20.3 Å². The molecule has 0 radical (unpaired) electrons. The van der Waals surface area contributed by atoms with Gasteiger partial charge >= 0.3 is 6.18 Å². The van der Waals surface area contributed by atoms with Gasteiger partial charge in [-0.1, -0.05) is 23.4 Å². The van der Waals surface area contributed by atoms with Gasteiger partial charge in [0.25, 0.3) is 5.91 Å². The highest BCUT2D eigenvalue weighted by atomic mass is 32.1. The SMILES string of the molecule is O=C(c1cc(-c2cccs2)[nH]n1)N1CC(c2nc(-c3cccc(C(F)(F)F)c3)no2)C1. The summed E-state index contributed by atoms with van der Waals surface area (Å²) in [6.45, 7) is 0.731. The lowest BCUT2D eigenvalue weighted by molar-refractivity contribution is -0.137. The molecule has 4 aromatic rings. The van der Waals surface area contributed by atoms with Crippen molar-refractivity contribution in [3.8, 4) is 22.0 Å². The van der Waals surface area contributed by atoms with Crippen LogP contribution in [0.2, 0.25) is 0 Å². The van der Waals surface area contributed by atoms with Crippen molar-refractivity contribution < 1.29 is 22.5 Å². The highest BCUT2D eigenvalue weighted by Gasteiger charge is 2.37. The molecule has 1 aliphatic heterocycles. The van der Waals surface area contributed by atoms with Crippen LogP contribution in [-0.2, 0) is 6.18 Å². The molecule has 0 aliphatic carbocycles. The molecule has 1 amide bonds. The van der Waals surface area contributed by atoms with Crippen LogP contribution in [-0.4, -0.2) is 44.2 Å². The molecule has 0 bridgehead atoms. The van der Waals surface area contributed by atoms with Gasteiger partial charge < -0.3 is 9.42 Å². The predicted molar refractivity (Wildman–Crippen MR) is 105 cm³/mol. The topological polar surface area (TPSA) is 87.9 Å². The maximum atomic E-state index is 12.9. The fourth-order valence-corrected chi connectivity index (χ4v) is 4.00. The zero-order valence-corrected chi connectivity index (χ0v) is 16.6. The van der Waals surface area contributed by atoms with Gasteiger partial charge in [0.05, 0.1) is 22.1 Å². The van der Waals surface area contributed by atoms with Crippen LogP contribution in [0.3, 0.4) is 0 Å². The molecule has 1 fully saturated rings. The van der Waals surface area contributed by atoms with Crippen molar-refractivity contribution in [1.29, 1.82) is 0 Å². The Morgan fingerprint density at radius 2 is 2.03 bits per heavy atom. The first-order chi connectivity index (χ1) is 14.9. The van der Waals surface area contributed by atoms with Crippen molar-refractivity contribution in [3.63, 3.8) is 0 Å². The molecule has 0 saturated carbocycles. The van der Waals surface area contributed by atoms with Crippen LogP contribution < -0.4 is 0 Å². The van der Waals surface area contributed by atoms with Crippen molar-refractivity contribution in [2.75, 3.05) is 13.1 Å². The second-order valence-corrected chi connectivity index (χ2v) is 8.03. The molecule has 1 saturated heterocycles. The summed E-state index contributed by atoms with van der Waals surface area (Å²) in [5.74, 6) is -0.0174. The number of likely N-dealkylation sites (tertiary alicyclic amines) is 1. The molecule has 0 atom stereocenters. The van der Waals surface area contributed by atoms with Crippen molar-refractivity contribution in [1.82, 2.24) is 25.2 Å². The second kappa shape index (κ2) is 7.34. The Labute approximate surface area is 177 Å². The van der Waals surface area contributed by atoms with Crippen molar-refractivity contribution in [2.24, 2.45) is 0 Å². The van der Waals surface area contributed by atoms with Gasteiger partial charge in [-0.25, -0.2) is 0 Å². The van der Waals surface area contributed by atoms with Gasteiger partial charge in [0.15, 0.2) is 5.69 Å². The first-order valence-electron chi connectivity index (χ1n) is 9.28. The van der Waals surface area contributed by atoms with Crippen LogP contribution in [0.25, 0.3) is 22.0 Å². The molecule has 1 N–H and O–H groups in total. The molecule has 11 heteroatoms. The van der Waals surface area contributed by atoms with Gasteiger partial charge in [0.2, 0.25) is 11.7 Å². The summed E-state index contributed by atoms with van der Waals surface area (Å²) < 4.78 is 44.0. The lowest BCUT2D eigenvalue weighted by atomic mass is 9.99. The van der Waals surface area contributed by atoms with Gasteiger partial charge in [-0.2, -0.15) is 23.3 Å². The number of alkyl halides is 3. The van der Waals surface area contributed by atoms with Crippen LogP contribution in [0, 0.1) is 0 Å². The van der Waals surface area contributed by atoms with Crippen LogP contribution in [0.1, 0.15) is 27.9 Å². The maximum absolute atomic E-state index is 12.9. The molecular weight excluding hydrogens is 431 g/mol. The highest BCUT2D eigenvalue weighted by molar-refractivity contribution is 7.13. The van der Waals surface area contributed by atoms with Crippen LogP contribution in [0.5, 0.6) is 0 Å². The quantitative estimate of drug-likeness (QED) is 0.502. The first kappa shape index (κ1) is 19.5. The molecule has 0 spiro atoms. The van der Waals surface area contributed by atoms with Gasteiger partial charge in [-0.15, -0.1) is 11.3 Å². The third kappa shape index (κ3) is 3.72. The summed E-state index contributed by atoms with van der Waals surface area (Å²) in [5.41, 5.74) is 0.530. The van der Waals surface area contributed by atoms with E-state index in [-0.39, 0.29) is 29.1 Å². The van der Waals surface area contributed by atoms with Crippen LogP contribution >= 0.6 is 11.3 Å². The molecule has 1 aromatic carbocycles. The van der Waals surface area contributed by atoms with Gasteiger partial charge in [0, 0.05) is 18.7 Å². The third-order valence-electron chi connectivity index (χ3n) is 4.99. The number of nitrogens with zero attached hydrogens (tertiary/aromatic N) is 4. The van der Waals surface area contributed by atoms with Crippen molar-refractivity contribution in [2.45, 2.75) is 12.1 Å². The maximum Gasteiger partial charge on any atom is 0.416 e. The monoisotopic (exact) mass is 445 g/mol. The minimum atomic E-state index is -4.45. The number of amides is 1. The molecule has 31 heavy (non-hydrogen) atoms. The largest absolute Gasteiger partial charge is 0.416 e. The normalized spacial score (nSPS) is 14.6. The molecule has 1 aliphatic rings. The number of rotatable bonds is 4. The second-order valence-electron chi connectivity index (χ2n) is 7.09. The number of benzene rings is 1. The van der Waals surface area contributed by atoms with Crippen LogP contribution in [0.4, 0.5) is 13.2 Å². The molecule has 0 unspecified atom stereocenters. The highest BCUT2D eigenvalue weighted by Crippen LogP contribution is 2.33. The van der Waals surface area contributed by atoms with Crippen molar-refractivity contribution in [3.05, 3.63) is 65.0 Å². The summed E-state index contributed by atoms with van der Waals surface area (Å²) in [4.78, 5) is 19.4. The van der Waals surface area contributed by atoms with Gasteiger partial charge in [-0.05, 0) is 29.6 Å². The number of nitrogens with one attached hydrogen (secondary N) is 1. The van der Waals surface area contributed by atoms with E-state index in [1.165, 1.54) is 12.1 Å². The number of aromatic nitrogens is 4. The number of carbonyl (C=O) groups is 1. The Morgan fingerprint density at radius 1 is 1.19 bits per heavy atom. The molecular formula is C20H14F3N5O2S. The van der Waals surface area contributed by atoms with Crippen LogP contribution in [0.15, 0.2) is 52.4 Å². The summed E-state index contributed by atoms with van der Waals surface area (Å²) in [6.07, 6.45) is -4.45. The first-order valence-corrected chi connectivity index (χ1v) is 10.2. The van der Waals surface area contributed by atoms with Gasteiger partial charge in [0.1, 0.15) is 0 Å². The summed E-state index contributed by atoms with van der Waals surface area (Å²) in [5, 5.41) is 12.7. The smallest absolute Gasteiger partial charge is 0.339 e. The minimum absolute atomic E-state index is 0.0822. The minimum Gasteiger partial charge on any atom is -0.339 e. The number of H-pyrrole nitrogens is 1. The Morgan fingerprint density at radius 3 is 2.77 bits per heavy atom. The zero-order valence-electron chi connectivity index (χ0n) is 15.8. The average Bonchev–Trinajstić information content (AvgIpc) is 3.46. The number of aromatic amines is 1. The summed E-state index contributed by atoms with van der Waals surface area (Å²) in [6, 6.07) is 10.3. The van der Waals surface area contributed by atoms with E-state index < -0.39 is 11.7 Å². The fourth-order valence-electron chi connectivity index (χ4n) is 3.30. The van der Waals surface area contributed by atoms with E-state index in [0.29, 0.717) is 18.8 Å². The molecule has 158 valence electrons. The zero-order chi connectivity index (χ0) is 21.6.